The van der Waals surface area contributed by atoms with Crippen LogP contribution in [0.25, 0.3) is 0 Å². The fourth-order valence-electron chi connectivity index (χ4n) is 2.34. The van der Waals surface area contributed by atoms with Gasteiger partial charge in [0, 0.05) is 11.8 Å². The van der Waals surface area contributed by atoms with Crippen LogP contribution in [0.15, 0.2) is 0 Å². The molecule has 0 aliphatic heterocycles. The number of ketones is 1. The average Bonchev–Trinajstić information content (AvgIpc) is 2.08. The zero-order valence-corrected chi connectivity index (χ0v) is 7.98. The molecule has 1 heteroatoms. The maximum atomic E-state index is 11.4. The van der Waals surface area contributed by atoms with E-state index in [1.807, 2.05) is 0 Å². The molecule has 1 nitrogen and oxygen atoms in total. The first-order valence-corrected chi connectivity index (χ1v) is 4.49. The van der Waals surface area contributed by atoms with E-state index in [0.717, 1.165) is 12.8 Å². The van der Waals surface area contributed by atoms with Crippen LogP contribution in [0.3, 0.4) is 0 Å². The molecule has 0 unspecified atom stereocenters. The molecule has 1 fully saturated rings. The minimum Gasteiger partial charge on any atom is -0.299 e. The summed E-state index contributed by atoms with van der Waals surface area (Å²) in [7, 11) is 0. The monoisotopic (exact) mass is 154 g/mol. The zero-order chi connectivity index (χ0) is 8.65. The number of Topliss-reactive ketones (excluding diaryl/α,β-unsaturated/α-hetero) is 1. The molecule has 1 saturated carbocycles. The van der Waals surface area contributed by atoms with Gasteiger partial charge in [-0.3, -0.25) is 4.79 Å². The van der Waals surface area contributed by atoms with Gasteiger partial charge in [-0.2, -0.15) is 0 Å². The second-order valence-corrected chi connectivity index (χ2v) is 4.53. The Balaban J connectivity index is 2.78. The van der Waals surface area contributed by atoms with Crippen molar-refractivity contribution in [2.45, 2.75) is 40.5 Å². The fourth-order valence-corrected chi connectivity index (χ4v) is 2.34. The molecule has 64 valence electrons. The summed E-state index contributed by atoms with van der Waals surface area (Å²) >= 11 is 0. The highest BCUT2D eigenvalue weighted by atomic mass is 16.1. The lowest BCUT2D eigenvalue weighted by atomic mass is 9.75. The Morgan fingerprint density at radius 1 is 1.45 bits per heavy atom. The lowest BCUT2D eigenvalue weighted by Crippen LogP contribution is -2.28. The predicted octanol–water partition coefficient (Wildman–Crippen LogP) is 2.65. The molecule has 0 saturated heterocycles. The molecule has 0 aromatic carbocycles. The maximum absolute atomic E-state index is 11.4. The van der Waals surface area contributed by atoms with E-state index in [9.17, 15) is 4.79 Å². The quantitative estimate of drug-likeness (QED) is 0.567. The lowest BCUT2D eigenvalue weighted by Gasteiger charge is -2.28. The van der Waals surface area contributed by atoms with Gasteiger partial charge in [-0.05, 0) is 18.3 Å². The van der Waals surface area contributed by atoms with Crippen molar-refractivity contribution >= 4 is 5.78 Å². The van der Waals surface area contributed by atoms with Crippen molar-refractivity contribution in [1.82, 2.24) is 0 Å². The number of hydrogen-bond acceptors (Lipinski definition) is 1. The van der Waals surface area contributed by atoms with Crippen molar-refractivity contribution in [2.75, 3.05) is 0 Å². The number of carbonyl (C=O) groups is 1. The first-order valence-electron chi connectivity index (χ1n) is 4.49. The Morgan fingerprint density at radius 2 is 2.00 bits per heavy atom. The minimum absolute atomic E-state index is 0.0475. The van der Waals surface area contributed by atoms with Gasteiger partial charge < -0.3 is 0 Å². The predicted molar refractivity (Wildman–Crippen MR) is 46.4 cm³/mol. The molecule has 0 amide bonds. The highest BCUT2D eigenvalue weighted by Crippen LogP contribution is 2.43. The van der Waals surface area contributed by atoms with Gasteiger partial charge in [0.05, 0.1) is 0 Å². The molecule has 1 rings (SSSR count). The van der Waals surface area contributed by atoms with E-state index in [2.05, 4.69) is 27.7 Å². The van der Waals surface area contributed by atoms with E-state index in [1.54, 1.807) is 0 Å². The summed E-state index contributed by atoms with van der Waals surface area (Å²) < 4.78 is 0. The first kappa shape index (κ1) is 8.76. The van der Waals surface area contributed by atoms with E-state index in [0.29, 0.717) is 17.6 Å². The van der Waals surface area contributed by atoms with Crippen molar-refractivity contribution in [2.24, 2.45) is 17.3 Å². The van der Waals surface area contributed by atoms with Crippen LogP contribution in [0.5, 0.6) is 0 Å². The van der Waals surface area contributed by atoms with Crippen LogP contribution >= 0.6 is 0 Å². The molecule has 11 heavy (non-hydrogen) atoms. The molecule has 1 aliphatic rings. The second-order valence-electron chi connectivity index (χ2n) is 4.53. The SMILES string of the molecule is CC(C)[C@@H]1CCC(=O)C1(C)C. The van der Waals surface area contributed by atoms with Crippen LogP contribution in [0.4, 0.5) is 0 Å². The Labute approximate surface area is 69.2 Å². The number of rotatable bonds is 1. The summed E-state index contributed by atoms with van der Waals surface area (Å²) in [5.41, 5.74) is -0.0475. The molecule has 0 N–H and O–H groups in total. The topological polar surface area (TPSA) is 17.1 Å². The summed E-state index contributed by atoms with van der Waals surface area (Å²) in [5, 5.41) is 0. The molecular weight excluding hydrogens is 136 g/mol. The van der Waals surface area contributed by atoms with Crippen molar-refractivity contribution < 1.29 is 4.79 Å². The van der Waals surface area contributed by atoms with Crippen LogP contribution in [0, 0.1) is 17.3 Å². The van der Waals surface area contributed by atoms with Crippen LogP contribution in [-0.4, -0.2) is 5.78 Å². The summed E-state index contributed by atoms with van der Waals surface area (Å²) in [6.45, 7) is 8.61. The van der Waals surface area contributed by atoms with E-state index in [4.69, 9.17) is 0 Å². The Morgan fingerprint density at radius 3 is 2.18 bits per heavy atom. The summed E-state index contributed by atoms with van der Waals surface area (Å²) in [5.74, 6) is 1.71. The van der Waals surface area contributed by atoms with Crippen molar-refractivity contribution in [3.8, 4) is 0 Å². The summed E-state index contributed by atoms with van der Waals surface area (Å²) in [6.07, 6.45) is 1.90. The number of carbonyl (C=O) groups excluding carboxylic acids is 1. The Hall–Kier alpha value is -0.330. The molecule has 0 spiro atoms. The van der Waals surface area contributed by atoms with Crippen LogP contribution in [0.2, 0.25) is 0 Å². The van der Waals surface area contributed by atoms with Crippen molar-refractivity contribution in [3.63, 3.8) is 0 Å². The van der Waals surface area contributed by atoms with Gasteiger partial charge in [0.15, 0.2) is 0 Å². The molecule has 1 aliphatic carbocycles. The van der Waals surface area contributed by atoms with Crippen LogP contribution < -0.4 is 0 Å². The molecule has 0 bridgehead atoms. The average molecular weight is 154 g/mol. The Kier molecular flexibility index (Phi) is 2.08. The Bertz CT molecular complexity index is 168. The lowest BCUT2D eigenvalue weighted by molar-refractivity contribution is -0.125. The largest absolute Gasteiger partial charge is 0.299 e. The van der Waals surface area contributed by atoms with Gasteiger partial charge in [-0.1, -0.05) is 27.7 Å². The summed E-state index contributed by atoms with van der Waals surface area (Å²) in [6, 6.07) is 0. The van der Waals surface area contributed by atoms with Gasteiger partial charge in [0.1, 0.15) is 5.78 Å². The zero-order valence-electron chi connectivity index (χ0n) is 7.98. The van der Waals surface area contributed by atoms with E-state index < -0.39 is 0 Å². The molecule has 0 aromatic heterocycles. The van der Waals surface area contributed by atoms with Gasteiger partial charge in [0.2, 0.25) is 0 Å². The van der Waals surface area contributed by atoms with E-state index in [-0.39, 0.29) is 5.41 Å². The minimum atomic E-state index is -0.0475. The third kappa shape index (κ3) is 1.33. The van der Waals surface area contributed by atoms with Gasteiger partial charge in [-0.15, -0.1) is 0 Å². The first-order chi connectivity index (χ1) is 4.96. The number of hydrogen-bond donors (Lipinski definition) is 0. The van der Waals surface area contributed by atoms with E-state index >= 15 is 0 Å². The smallest absolute Gasteiger partial charge is 0.138 e. The third-order valence-corrected chi connectivity index (χ3v) is 3.13. The van der Waals surface area contributed by atoms with Gasteiger partial charge in [0.25, 0.3) is 0 Å². The molecular formula is C10H18O. The fraction of sp³-hybridized carbons (Fsp3) is 0.900. The normalized spacial score (nSPS) is 29.9. The van der Waals surface area contributed by atoms with Crippen molar-refractivity contribution in [1.29, 1.82) is 0 Å². The van der Waals surface area contributed by atoms with Crippen LogP contribution in [0.1, 0.15) is 40.5 Å². The molecule has 0 aromatic rings. The van der Waals surface area contributed by atoms with Crippen molar-refractivity contribution in [3.05, 3.63) is 0 Å². The summed E-state index contributed by atoms with van der Waals surface area (Å²) in [4.78, 5) is 11.4. The van der Waals surface area contributed by atoms with Gasteiger partial charge in [-0.25, -0.2) is 0 Å². The van der Waals surface area contributed by atoms with Gasteiger partial charge >= 0.3 is 0 Å². The highest BCUT2D eigenvalue weighted by Gasteiger charge is 2.42. The maximum Gasteiger partial charge on any atom is 0.138 e. The third-order valence-electron chi connectivity index (χ3n) is 3.13. The molecule has 0 heterocycles. The van der Waals surface area contributed by atoms with Crippen LogP contribution in [-0.2, 0) is 4.79 Å². The van der Waals surface area contributed by atoms with E-state index in [1.165, 1.54) is 0 Å². The molecule has 0 radical (unpaired) electrons. The molecule has 1 atom stereocenters. The highest BCUT2D eigenvalue weighted by molar-refractivity contribution is 5.86. The standard InChI is InChI=1S/C10H18O/c1-7(2)8-5-6-9(11)10(8,3)4/h7-8H,5-6H2,1-4H3/t8-/m0/s1. The second kappa shape index (κ2) is 2.62.